The fraction of sp³-hybridized carbons (Fsp3) is 0.276. The molecule has 0 bridgehead atoms. The van der Waals surface area contributed by atoms with Crippen molar-refractivity contribution in [2.24, 2.45) is 5.92 Å². The maximum Gasteiger partial charge on any atom is 0.265 e. The summed E-state index contributed by atoms with van der Waals surface area (Å²) in [6, 6.07) is 14.2. The number of halogens is 3. The molecule has 1 aliphatic rings. The van der Waals surface area contributed by atoms with E-state index in [-0.39, 0.29) is 17.4 Å². The maximum absolute atomic E-state index is 14.3. The molecule has 0 unspecified atom stereocenters. The molecular formula is C29H27Cl3N4O2S. The molecule has 1 aliphatic heterocycles. The van der Waals surface area contributed by atoms with Crippen LogP contribution in [-0.4, -0.2) is 46.5 Å². The van der Waals surface area contributed by atoms with E-state index >= 15 is 0 Å². The van der Waals surface area contributed by atoms with Gasteiger partial charge in [0.1, 0.15) is 5.01 Å². The number of aromatic nitrogens is 2. The number of nitrogens with one attached hydrogen (secondary N) is 1. The minimum atomic E-state index is -0.325. The third-order valence-corrected chi connectivity index (χ3v) is 8.31. The van der Waals surface area contributed by atoms with Crippen LogP contribution in [-0.2, 0) is 6.42 Å². The van der Waals surface area contributed by atoms with Crippen LogP contribution < -0.4 is 10.9 Å². The van der Waals surface area contributed by atoms with Crippen molar-refractivity contribution in [1.29, 1.82) is 0 Å². The molecule has 6 nitrogen and oxygen atoms in total. The van der Waals surface area contributed by atoms with Crippen molar-refractivity contribution in [1.82, 2.24) is 19.8 Å². The molecule has 1 saturated heterocycles. The molecular weight excluding hydrogens is 575 g/mol. The molecule has 39 heavy (non-hydrogen) atoms. The Labute approximate surface area is 246 Å². The molecule has 0 aliphatic carbocycles. The van der Waals surface area contributed by atoms with Crippen LogP contribution in [0.25, 0.3) is 27.5 Å². The van der Waals surface area contributed by atoms with Gasteiger partial charge in [-0.2, -0.15) is 0 Å². The lowest BCUT2D eigenvalue weighted by atomic mass is 9.99. The zero-order valence-corrected chi connectivity index (χ0v) is 24.6. The Hall–Kier alpha value is -2.68. The van der Waals surface area contributed by atoms with Crippen LogP contribution in [0.5, 0.6) is 0 Å². The number of hydrogen-bond acceptors (Lipinski definition) is 5. The first-order chi connectivity index (χ1) is 18.7. The minimum absolute atomic E-state index is 0.125. The summed E-state index contributed by atoms with van der Waals surface area (Å²) >= 11 is 20.7. The fourth-order valence-electron chi connectivity index (χ4n) is 4.71. The zero-order chi connectivity index (χ0) is 27.7. The van der Waals surface area contributed by atoms with Gasteiger partial charge in [0.15, 0.2) is 0 Å². The van der Waals surface area contributed by atoms with Crippen molar-refractivity contribution in [2.45, 2.75) is 20.3 Å². The van der Waals surface area contributed by atoms with Gasteiger partial charge in [-0.05, 0) is 42.7 Å². The molecule has 4 aromatic rings. The normalized spacial score (nSPS) is 13.7. The van der Waals surface area contributed by atoms with Crippen molar-refractivity contribution >= 4 is 52.0 Å². The van der Waals surface area contributed by atoms with E-state index in [1.807, 2.05) is 22.4 Å². The third kappa shape index (κ3) is 5.79. The summed E-state index contributed by atoms with van der Waals surface area (Å²) in [6.07, 6.45) is 0.484. The van der Waals surface area contributed by atoms with Gasteiger partial charge in [0.2, 0.25) is 0 Å². The lowest BCUT2D eigenvalue weighted by Gasteiger charge is -2.29. The summed E-state index contributed by atoms with van der Waals surface area (Å²) in [7, 11) is 0. The molecule has 202 valence electrons. The van der Waals surface area contributed by atoms with Gasteiger partial charge >= 0.3 is 0 Å². The number of thiazole rings is 1. The van der Waals surface area contributed by atoms with Gasteiger partial charge in [-0.3, -0.25) is 14.2 Å². The Balaban J connectivity index is 1.77. The molecule has 10 heteroatoms. The molecule has 1 N–H and O–H groups in total. The van der Waals surface area contributed by atoms with Gasteiger partial charge in [-0.1, -0.05) is 66.8 Å². The number of nitrogens with zero attached hydrogens (tertiary/aromatic N) is 3. The van der Waals surface area contributed by atoms with Crippen LogP contribution in [0.1, 0.15) is 29.9 Å². The Bertz CT molecular complexity index is 1550. The number of amides is 1. The number of benzene rings is 2. The Morgan fingerprint density at radius 3 is 2.36 bits per heavy atom. The van der Waals surface area contributed by atoms with E-state index in [4.69, 9.17) is 39.8 Å². The summed E-state index contributed by atoms with van der Waals surface area (Å²) in [5, 5.41) is 6.97. The Morgan fingerprint density at radius 1 is 1.05 bits per heavy atom. The van der Waals surface area contributed by atoms with Gasteiger partial charge in [0.25, 0.3) is 11.5 Å². The van der Waals surface area contributed by atoms with Crippen LogP contribution in [0.2, 0.25) is 15.1 Å². The summed E-state index contributed by atoms with van der Waals surface area (Å²) in [5.41, 5.74) is 3.01. The molecule has 0 saturated carbocycles. The second kappa shape index (κ2) is 11.8. The smallest absolute Gasteiger partial charge is 0.265 e. The van der Waals surface area contributed by atoms with Gasteiger partial charge in [-0.25, -0.2) is 4.98 Å². The summed E-state index contributed by atoms with van der Waals surface area (Å²) in [5.74, 6) is 0.0357. The average Bonchev–Trinajstić information content (AvgIpc) is 3.40. The van der Waals surface area contributed by atoms with Crippen molar-refractivity contribution < 1.29 is 4.79 Å². The van der Waals surface area contributed by atoms with Crippen molar-refractivity contribution in [2.75, 3.05) is 26.2 Å². The standard InChI is InChI=1S/C29H27Cl3N4O2S/c1-17(2)14-25-20(28(37)35-12-10-33-11-13-35)15-21(29(38)36(25)26-22(31)4-3-5-23(26)32)27-34-24(16-39-27)18-6-8-19(30)9-7-18/h3-9,15-17,33H,10-14H2,1-2H3. The van der Waals surface area contributed by atoms with Crippen LogP contribution in [0.15, 0.2) is 58.7 Å². The molecule has 1 amide bonds. The zero-order valence-electron chi connectivity index (χ0n) is 21.5. The highest BCUT2D eigenvalue weighted by Gasteiger charge is 2.28. The molecule has 1 fully saturated rings. The van der Waals surface area contributed by atoms with Crippen molar-refractivity contribution in [3.63, 3.8) is 0 Å². The monoisotopic (exact) mass is 600 g/mol. The maximum atomic E-state index is 14.3. The number of para-hydroxylation sites is 1. The number of piperazine rings is 1. The number of carbonyl (C=O) groups excluding carboxylic acids is 1. The second-order valence-electron chi connectivity index (χ2n) is 9.81. The molecule has 5 rings (SSSR count). The summed E-state index contributed by atoms with van der Waals surface area (Å²) in [4.78, 5) is 34.9. The van der Waals surface area contributed by atoms with E-state index in [1.165, 1.54) is 15.9 Å². The first kappa shape index (κ1) is 27.9. The highest BCUT2D eigenvalue weighted by Crippen LogP contribution is 2.34. The van der Waals surface area contributed by atoms with E-state index in [9.17, 15) is 9.59 Å². The molecule has 3 heterocycles. The van der Waals surface area contributed by atoms with Crippen LogP contribution in [0.3, 0.4) is 0 Å². The molecule has 0 radical (unpaired) electrons. The van der Waals surface area contributed by atoms with E-state index in [0.717, 1.165) is 11.3 Å². The minimum Gasteiger partial charge on any atom is -0.336 e. The van der Waals surface area contributed by atoms with E-state index in [0.29, 0.717) is 75.2 Å². The van der Waals surface area contributed by atoms with Crippen LogP contribution in [0, 0.1) is 5.92 Å². The van der Waals surface area contributed by atoms with Gasteiger partial charge in [-0.15, -0.1) is 11.3 Å². The number of pyridine rings is 1. The first-order valence-electron chi connectivity index (χ1n) is 12.7. The highest BCUT2D eigenvalue weighted by molar-refractivity contribution is 7.13. The number of rotatable bonds is 6. The predicted octanol–water partition coefficient (Wildman–Crippen LogP) is 6.83. The largest absolute Gasteiger partial charge is 0.336 e. The molecule has 2 aromatic carbocycles. The van der Waals surface area contributed by atoms with E-state index in [2.05, 4.69) is 19.2 Å². The second-order valence-corrected chi connectivity index (χ2v) is 11.9. The lowest BCUT2D eigenvalue weighted by Crippen LogP contribution is -2.47. The SMILES string of the molecule is CC(C)Cc1c(C(=O)N2CCNCC2)cc(-c2nc(-c3ccc(Cl)cc3)cs2)c(=O)n1-c1c(Cl)cccc1Cl. The highest BCUT2D eigenvalue weighted by atomic mass is 35.5. The van der Waals surface area contributed by atoms with Gasteiger partial charge in [0, 0.05) is 47.8 Å². The van der Waals surface area contributed by atoms with Crippen LogP contribution >= 0.6 is 46.1 Å². The van der Waals surface area contributed by atoms with Crippen molar-refractivity contribution in [3.05, 3.63) is 90.6 Å². The molecule has 0 atom stereocenters. The van der Waals surface area contributed by atoms with Crippen molar-refractivity contribution in [3.8, 4) is 27.5 Å². The van der Waals surface area contributed by atoms with Gasteiger partial charge in [0.05, 0.1) is 32.6 Å². The topological polar surface area (TPSA) is 67.2 Å². The molecule has 2 aromatic heterocycles. The number of hydrogen-bond donors (Lipinski definition) is 1. The lowest BCUT2D eigenvalue weighted by molar-refractivity contribution is 0.0733. The molecule has 0 spiro atoms. The summed E-state index contributed by atoms with van der Waals surface area (Å²) in [6.45, 7) is 6.69. The van der Waals surface area contributed by atoms with E-state index < -0.39 is 0 Å². The Morgan fingerprint density at radius 2 is 1.72 bits per heavy atom. The first-order valence-corrected chi connectivity index (χ1v) is 14.7. The van der Waals surface area contributed by atoms with Gasteiger partial charge < -0.3 is 10.2 Å². The average molecular weight is 602 g/mol. The number of carbonyl (C=O) groups is 1. The third-order valence-electron chi connectivity index (χ3n) is 6.57. The quantitative estimate of drug-likeness (QED) is 0.263. The van der Waals surface area contributed by atoms with Crippen LogP contribution in [0.4, 0.5) is 0 Å². The summed E-state index contributed by atoms with van der Waals surface area (Å²) < 4.78 is 1.53. The van der Waals surface area contributed by atoms with E-state index in [1.54, 1.807) is 36.4 Å². The Kier molecular flexibility index (Phi) is 8.45. The predicted molar refractivity (Wildman–Crippen MR) is 161 cm³/mol. The fourth-order valence-corrected chi connectivity index (χ4v) is 6.24.